The monoisotopic (exact) mass is 404 g/mol. The van der Waals surface area contributed by atoms with Crippen molar-refractivity contribution in [3.63, 3.8) is 0 Å². The van der Waals surface area contributed by atoms with E-state index in [1.54, 1.807) is 19.9 Å². The van der Waals surface area contributed by atoms with E-state index in [-0.39, 0.29) is 11.5 Å². The summed E-state index contributed by atoms with van der Waals surface area (Å²) in [6, 6.07) is 18.6. The molecule has 6 nitrogen and oxygen atoms in total. The van der Waals surface area contributed by atoms with Crippen LogP contribution in [0.1, 0.15) is 19.4 Å². The third-order valence-corrected chi connectivity index (χ3v) is 5.65. The predicted molar refractivity (Wildman–Crippen MR) is 116 cm³/mol. The Morgan fingerprint density at radius 2 is 1.83 bits per heavy atom. The highest BCUT2D eigenvalue weighted by Gasteiger charge is 2.33. The molecule has 2 aromatic carbocycles. The van der Waals surface area contributed by atoms with Crippen LogP contribution < -0.4 is 10.9 Å². The van der Waals surface area contributed by atoms with Crippen molar-refractivity contribution >= 4 is 32.6 Å². The summed E-state index contributed by atoms with van der Waals surface area (Å²) in [6.45, 7) is 5.35. The van der Waals surface area contributed by atoms with Crippen LogP contribution in [0.5, 0.6) is 0 Å². The van der Waals surface area contributed by atoms with Gasteiger partial charge in [-0.2, -0.15) is 5.10 Å². The van der Waals surface area contributed by atoms with Crippen LogP contribution in [-0.4, -0.2) is 20.7 Å². The first-order chi connectivity index (χ1) is 13.8. The van der Waals surface area contributed by atoms with Crippen LogP contribution in [0.2, 0.25) is 0 Å². The zero-order valence-electron chi connectivity index (χ0n) is 16.3. The number of anilines is 1. The number of fused-ring (bicyclic) bond motifs is 1. The van der Waals surface area contributed by atoms with Gasteiger partial charge in [0.25, 0.3) is 11.5 Å². The molecule has 29 heavy (non-hydrogen) atoms. The molecule has 1 N–H and O–H groups in total. The van der Waals surface area contributed by atoms with E-state index in [0.29, 0.717) is 10.8 Å². The van der Waals surface area contributed by atoms with Crippen molar-refractivity contribution in [3.05, 3.63) is 76.6 Å². The Balaban J connectivity index is 1.66. The number of amides is 1. The molecular formula is C22H20N4O2S. The molecule has 0 aliphatic heterocycles. The zero-order chi connectivity index (χ0) is 20.6. The van der Waals surface area contributed by atoms with E-state index in [1.807, 2.05) is 55.5 Å². The fourth-order valence-corrected chi connectivity index (χ4v) is 3.97. The van der Waals surface area contributed by atoms with Gasteiger partial charge < -0.3 is 0 Å². The molecule has 0 bridgehead atoms. The van der Waals surface area contributed by atoms with E-state index in [9.17, 15) is 9.59 Å². The van der Waals surface area contributed by atoms with Gasteiger partial charge in [0, 0.05) is 11.6 Å². The van der Waals surface area contributed by atoms with Crippen molar-refractivity contribution in [3.8, 4) is 11.3 Å². The second kappa shape index (κ2) is 7.25. The molecule has 2 aromatic heterocycles. The Morgan fingerprint density at radius 1 is 1.07 bits per heavy atom. The van der Waals surface area contributed by atoms with Gasteiger partial charge in [-0.15, -0.1) is 0 Å². The van der Waals surface area contributed by atoms with Gasteiger partial charge in [-0.1, -0.05) is 47.7 Å². The summed E-state index contributed by atoms with van der Waals surface area (Å²) in [5, 5.41) is 7.80. The molecule has 0 spiro atoms. The SMILES string of the molecule is Cc1ccc2nc(NC(=O)C(C)(C)n3nc(-c4ccccc4)ccc3=O)sc2c1. The Morgan fingerprint density at radius 3 is 2.59 bits per heavy atom. The van der Waals surface area contributed by atoms with Crippen molar-refractivity contribution in [2.75, 3.05) is 5.32 Å². The molecule has 4 rings (SSSR count). The number of benzene rings is 2. The predicted octanol–water partition coefficient (Wildman–Crippen LogP) is 4.20. The average molecular weight is 404 g/mol. The van der Waals surface area contributed by atoms with Crippen molar-refractivity contribution in [2.24, 2.45) is 0 Å². The summed E-state index contributed by atoms with van der Waals surface area (Å²) in [5.74, 6) is -0.354. The molecule has 7 heteroatoms. The number of nitrogens with one attached hydrogen (secondary N) is 1. The van der Waals surface area contributed by atoms with Gasteiger partial charge >= 0.3 is 0 Å². The minimum absolute atomic E-state index is 0.343. The number of nitrogens with zero attached hydrogens (tertiary/aromatic N) is 3. The van der Waals surface area contributed by atoms with Crippen LogP contribution in [-0.2, 0) is 10.3 Å². The number of hydrogen-bond donors (Lipinski definition) is 1. The number of hydrogen-bond acceptors (Lipinski definition) is 5. The lowest BCUT2D eigenvalue weighted by molar-refractivity contribution is -0.123. The van der Waals surface area contributed by atoms with E-state index in [2.05, 4.69) is 15.4 Å². The van der Waals surface area contributed by atoms with Crippen molar-refractivity contribution in [1.82, 2.24) is 14.8 Å². The van der Waals surface area contributed by atoms with Crippen molar-refractivity contribution in [1.29, 1.82) is 0 Å². The molecule has 0 aliphatic rings. The maximum Gasteiger partial charge on any atom is 0.267 e. The molecule has 0 unspecified atom stereocenters. The number of rotatable bonds is 4. The minimum atomic E-state index is -1.20. The Hall–Kier alpha value is -3.32. The van der Waals surface area contributed by atoms with E-state index in [1.165, 1.54) is 22.1 Å². The first-order valence-electron chi connectivity index (χ1n) is 9.19. The Bertz CT molecular complexity index is 1260. The number of aromatic nitrogens is 3. The zero-order valence-corrected chi connectivity index (χ0v) is 17.2. The largest absolute Gasteiger partial charge is 0.300 e. The highest BCUT2D eigenvalue weighted by atomic mass is 32.1. The molecular weight excluding hydrogens is 384 g/mol. The van der Waals surface area contributed by atoms with E-state index in [4.69, 9.17) is 0 Å². The second-order valence-corrected chi connectivity index (χ2v) is 8.37. The molecule has 146 valence electrons. The number of carbonyl (C=O) groups is 1. The van der Waals surface area contributed by atoms with Gasteiger partial charge in [0.15, 0.2) is 5.13 Å². The molecule has 0 aliphatic carbocycles. The molecule has 4 aromatic rings. The quantitative estimate of drug-likeness (QED) is 0.553. The first kappa shape index (κ1) is 19.0. The normalized spacial score (nSPS) is 11.6. The topological polar surface area (TPSA) is 76.9 Å². The number of carbonyl (C=O) groups excluding carboxylic acids is 1. The van der Waals surface area contributed by atoms with Gasteiger partial charge in [-0.05, 0) is 44.5 Å². The highest BCUT2D eigenvalue weighted by molar-refractivity contribution is 7.22. The lowest BCUT2D eigenvalue weighted by atomic mass is 10.0. The first-order valence-corrected chi connectivity index (χ1v) is 10.0. The molecule has 0 saturated carbocycles. The van der Waals surface area contributed by atoms with Crippen molar-refractivity contribution in [2.45, 2.75) is 26.3 Å². The van der Waals surface area contributed by atoms with E-state index < -0.39 is 5.54 Å². The molecule has 0 saturated heterocycles. The van der Waals surface area contributed by atoms with E-state index >= 15 is 0 Å². The molecule has 0 atom stereocenters. The van der Waals surface area contributed by atoms with Crippen LogP contribution in [0.25, 0.3) is 21.5 Å². The van der Waals surface area contributed by atoms with Crippen LogP contribution in [0.4, 0.5) is 5.13 Å². The van der Waals surface area contributed by atoms with Gasteiger partial charge in [0.05, 0.1) is 15.9 Å². The van der Waals surface area contributed by atoms with Crippen molar-refractivity contribution < 1.29 is 4.79 Å². The maximum atomic E-state index is 13.0. The Labute approximate surface area is 171 Å². The molecule has 0 fully saturated rings. The standard InChI is InChI=1S/C22H20N4O2S/c1-14-9-10-17-18(13-14)29-21(23-17)24-20(28)22(2,3)26-19(27)12-11-16(25-26)15-7-5-4-6-8-15/h4-13H,1-3H3,(H,23,24,28). The van der Waals surface area contributed by atoms with Gasteiger partial charge in [0.2, 0.25) is 0 Å². The lowest BCUT2D eigenvalue weighted by Gasteiger charge is -2.24. The van der Waals surface area contributed by atoms with Gasteiger partial charge in [-0.25, -0.2) is 9.67 Å². The van der Waals surface area contributed by atoms with E-state index in [0.717, 1.165) is 21.3 Å². The summed E-state index contributed by atoms with van der Waals surface area (Å²) in [5.41, 5.74) is 1.92. The van der Waals surface area contributed by atoms with Crippen LogP contribution in [0.15, 0.2) is 65.5 Å². The number of thiazole rings is 1. The summed E-state index contributed by atoms with van der Waals surface area (Å²) in [6.07, 6.45) is 0. The number of aryl methyl sites for hydroxylation is 1. The summed E-state index contributed by atoms with van der Waals surface area (Å²) >= 11 is 1.40. The summed E-state index contributed by atoms with van der Waals surface area (Å²) in [7, 11) is 0. The summed E-state index contributed by atoms with van der Waals surface area (Å²) in [4.78, 5) is 30.0. The lowest BCUT2D eigenvalue weighted by Crippen LogP contribution is -2.47. The van der Waals surface area contributed by atoms with Gasteiger partial charge in [0.1, 0.15) is 5.54 Å². The molecule has 0 radical (unpaired) electrons. The highest BCUT2D eigenvalue weighted by Crippen LogP contribution is 2.28. The third kappa shape index (κ3) is 3.69. The average Bonchev–Trinajstić information content (AvgIpc) is 3.10. The fraction of sp³-hybridized carbons (Fsp3) is 0.182. The second-order valence-electron chi connectivity index (χ2n) is 7.34. The van der Waals surface area contributed by atoms with Crippen LogP contribution >= 0.6 is 11.3 Å². The Kier molecular flexibility index (Phi) is 4.76. The van der Waals surface area contributed by atoms with Crippen LogP contribution in [0, 0.1) is 6.92 Å². The minimum Gasteiger partial charge on any atom is -0.300 e. The van der Waals surface area contributed by atoms with Gasteiger partial charge in [-0.3, -0.25) is 14.9 Å². The molecule has 2 heterocycles. The third-order valence-electron chi connectivity index (χ3n) is 4.72. The summed E-state index contributed by atoms with van der Waals surface area (Å²) < 4.78 is 2.22. The smallest absolute Gasteiger partial charge is 0.267 e. The van der Waals surface area contributed by atoms with Crippen LogP contribution in [0.3, 0.4) is 0 Å². The molecule has 1 amide bonds. The fourth-order valence-electron chi connectivity index (χ4n) is 3.01. The maximum absolute atomic E-state index is 13.0.